The molecule has 0 atom stereocenters. The predicted octanol–water partition coefficient (Wildman–Crippen LogP) is 3.25. The van der Waals surface area contributed by atoms with E-state index in [4.69, 9.17) is 11.6 Å². The zero-order valence-electron chi connectivity index (χ0n) is 10.1. The highest BCUT2D eigenvalue weighted by Crippen LogP contribution is 2.35. The highest BCUT2D eigenvalue weighted by Gasteiger charge is 2.20. The van der Waals surface area contributed by atoms with Crippen molar-refractivity contribution < 1.29 is 18.4 Å². The van der Waals surface area contributed by atoms with Gasteiger partial charge in [-0.3, -0.25) is 10.1 Å². The van der Waals surface area contributed by atoms with Crippen molar-refractivity contribution in [1.82, 2.24) is 9.78 Å². The van der Waals surface area contributed by atoms with Crippen LogP contribution in [0, 0.1) is 10.1 Å². The third-order valence-corrected chi connectivity index (χ3v) is 2.83. The topological polar surface area (TPSA) is 70.2 Å². The lowest BCUT2D eigenvalue weighted by Gasteiger charge is -2.03. The molecule has 0 aliphatic rings. The van der Waals surface area contributed by atoms with Crippen LogP contribution in [0.15, 0.2) is 24.3 Å². The molecule has 2 aromatic rings. The minimum absolute atomic E-state index is 0.0818. The predicted molar refractivity (Wildman–Crippen MR) is 66.9 cm³/mol. The first-order valence-corrected chi connectivity index (χ1v) is 5.70. The van der Waals surface area contributed by atoms with E-state index in [0.29, 0.717) is 5.56 Å². The summed E-state index contributed by atoms with van der Waals surface area (Å²) in [4.78, 5) is 10.0. The summed E-state index contributed by atoms with van der Waals surface area (Å²) in [5.41, 5.74) is 0.574. The molecule has 0 unspecified atom stereocenters. The van der Waals surface area contributed by atoms with Crippen LogP contribution in [0.4, 0.5) is 14.5 Å². The van der Waals surface area contributed by atoms with Crippen molar-refractivity contribution in [3.63, 3.8) is 0 Å². The van der Waals surface area contributed by atoms with Crippen molar-refractivity contribution in [3.05, 3.63) is 39.4 Å². The van der Waals surface area contributed by atoms with Gasteiger partial charge in [-0.1, -0.05) is 11.6 Å². The molecule has 6 nitrogen and oxygen atoms in total. The molecule has 2 rings (SSSR count). The Morgan fingerprint density at radius 3 is 2.50 bits per heavy atom. The molecule has 0 amide bonds. The van der Waals surface area contributed by atoms with E-state index < -0.39 is 11.5 Å². The molecule has 0 fully saturated rings. The van der Waals surface area contributed by atoms with Crippen molar-refractivity contribution in [2.75, 3.05) is 0 Å². The van der Waals surface area contributed by atoms with Gasteiger partial charge in [0.25, 0.3) is 5.69 Å². The minimum atomic E-state index is -3.02. The number of ether oxygens (including phenoxy) is 1. The van der Waals surface area contributed by atoms with Gasteiger partial charge in [-0.25, -0.2) is 4.68 Å². The van der Waals surface area contributed by atoms with Gasteiger partial charge in [0.15, 0.2) is 0 Å². The second-order valence-corrected chi connectivity index (χ2v) is 4.15. The van der Waals surface area contributed by atoms with E-state index in [9.17, 15) is 18.9 Å². The molecule has 1 aromatic carbocycles. The molecule has 0 N–H and O–H groups in total. The van der Waals surface area contributed by atoms with Crippen LogP contribution in [0.2, 0.25) is 5.02 Å². The third-order valence-electron chi connectivity index (χ3n) is 2.49. The van der Waals surface area contributed by atoms with Gasteiger partial charge in [0, 0.05) is 24.7 Å². The molecule has 0 bridgehead atoms. The van der Waals surface area contributed by atoms with E-state index in [0.717, 1.165) is 4.68 Å². The maximum atomic E-state index is 12.2. The van der Waals surface area contributed by atoms with Gasteiger partial charge < -0.3 is 4.74 Å². The Labute approximate surface area is 116 Å². The van der Waals surface area contributed by atoms with Gasteiger partial charge in [-0.15, -0.1) is 0 Å². The van der Waals surface area contributed by atoms with Crippen molar-refractivity contribution in [3.8, 4) is 17.1 Å². The van der Waals surface area contributed by atoms with Gasteiger partial charge >= 0.3 is 6.61 Å². The van der Waals surface area contributed by atoms with Crippen LogP contribution in [0.1, 0.15) is 0 Å². The molecule has 1 heterocycles. The number of aryl methyl sites for hydroxylation is 1. The molecule has 0 spiro atoms. The number of non-ortho nitro benzene ring substituents is 1. The van der Waals surface area contributed by atoms with Crippen LogP contribution in [0.5, 0.6) is 5.88 Å². The highest BCUT2D eigenvalue weighted by molar-refractivity contribution is 6.34. The Morgan fingerprint density at radius 1 is 1.40 bits per heavy atom. The second kappa shape index (κ2) is 5.41. The van der Waals surface area contributed by atoms with E-state index in [1.807, 2.05) is 0 Å². The highest BCUT2D eigenvalue weighted by atomic mass is 35.5. The van der Waals surface area contributed by atoms with Crippen molar-refractivity contribution in [1.29, 1.82) is 0 Å². The third kappa shape index (κ3) is 2.69. The summed E-state index contributed by atoms with van der Waals surface area (Å²) in [5, 5.41) is 14.4. The maximum Gasteiger partial charge on any atom is 0.388 e. The summed E-state index contributed by atoms with van der Waals surface area (Å²) in [6.45, 7) is -3.02. The molecule has 0 aliphatic heterocycles. The number of nitrogens with zero attached hydrogens (tertiary/aromatic N) is 3. The second-order valence-electron chi connectivity index (χ2n) is 3.77. The van der Waals surface area contributed by atoms with Crippen LogP contribution in [-0.2, 0) is 7.05 Å². The molecule has 0 aliphatic carbocycles. The number of nitro groups is 1. The fourth-order valence-corrected chi connectivity index (χ4v) is 1.93. The zero-order chi connectivity index (χ0) is 14.9. The van der Waals surface area contributed by atoms with Crippen molar-refractivity contribution in [2.45, 2.75) is 6.61 Å². The molecule has 0 radical (unpaired) electrons. The van der Waals surface area contributed by atoms with E-state index >= 15 is 0 Å². The van der Waals surface area contributed by atoms with E-state index in [1.165, 1.54) is 31.3 Å². The molecular formula is C11H8ClF2N3O3. The normalized spacial score (nSPS) is 10.8. The number of hydrogen-bond donors (Lipinski definition) is 0. The average Bonchev–Trinajstić information content (AvgIpc) is 2.66. The fraction of sp³-hybridized carbons (Fsp3) is 0.182. The Morgan fingerprint density at radius 2 is 2.00 bits per heavy atom. The Hall–Kier alpha value is -2.22. The number of aromatic nitrogens is 2. The van der Waals surface area contributed by atoms with Gasteiger partial charge in [0.2, 0.25) is 5.88 Å². The molecule has 106 valence electrons. The molecule has 1 aromatic heterocycles. The van der Waals surface area contributed by atoms with Crippen LogP contribution in [0.3, 0.4) is 0 Å². The Bertz CT molecular complexity index is 643. The van der Waals surface area contributed by atoms with Gasteiger partial charge in [0.05, 0.1) is 4.92 Å². The first-order chi connectivity index (χ1) is 9.40. The molecule has 9 heteroatoms. The largest absolute Gasteiger partial charge is 0.416 e. The van der Waals surface area contributed by atoms with Crippen LogP contribution >= 0.6 is 11.6 Å². The monoisotopic (exact) mass is 303 g/mol. The standard InChI is InChI=1S/C11H8ClF2N3O3/c1-16-10(20-11(13)14)8(12)9(15-16)6-2-4-7(5-3-6)17(18)19/h2-5,11H,1H3. The first-order valence-electron chi connectivity index (χ1n) is 5.32. The van der Waals surface area contributed by atoms with Crippen LogP contribution in [0.25, 0.3) is 11.3 Å². The number of benzene rings is 1. The van der Waals surface area contributed by atoms with Crippen molar-refractivity contribution >= 4 is 17.3 Å². The zero-order valence-corrected chi connectivity index (χ0v) is 10.8. The molecule has 20 heavy (non-hydrogen) atoms. The smallest absolute Gasteiger partial charge is 0.388 e. The van der Waals surface area contributed by atoms with E-state index in [1.54, 1.807) is 0 Å². The summed E-state index contributed by atoms with van der Waals surface area (Å²) >= 11 is 5.94. The lowest BCUT2D eigenvalue weighted by molar-refractivity contribution is -0.384. The molecule has 0 saturated heterocycles. The van der Waals surface area contributed by atoms with Crippen LogP contribution < -0.4 is 4.74 Å². The van der Waals surface area contributed by atoms with Gasteiger partial charge in [-0.05, 0) is 12.1 Å². The molecular weight excluding hydrogens is 296 g/mol. The van der Waals surface area contributed by atoms with Crippen LogP contribution in [-0.4, -0.2) is 21.3 Å². The summed E-state index contributed by atoms with van der Waals surface area (Å²) < 4.78 is 29.8. The van der Waals surface area contributed by atoms with Gasteiger partial charge in [-0.2, -0.15) is 13.9 Å². The molecule has 0 saturated carbocycles. The number of hydrogen-bond acceptors (Lipinski definition) is 4. The van der Waals surface area contributed by atoms with Gasteiger partial charge in [0.1, 0.15) is 10.7 Å². The first kappa shape index (κ1) is 14.2. The summed E-state index contributed by atoms with van der Waals surface area (Å²) in [7, 11) is 1.40. The Balaban J connectivity index is 2.40. The average molecular weight is 304 g/mol. The summed E-state index contributed by atoms with van der Waals surface area (Å²) in [5.74, 6) is -0.269. The lowest BCUT2D eigenvalue weighted by atomic mass is 10.1. The van der Waals surface area contributed by atoms with Crippen molar-refractivity contribution in [2.24, 2.45) is 7.05 Å². The SMILES string of the molecule is Cn1nc(-c2ccc([N+](=O)[O-])cc2)c(Cl)c1OC(F)F. The quantitative estimate of drug-likeness (QED) is 0.642. The summed E-state index contributed by atoms with van der Waals surface area (Å²) in [6.07, 6.45) is 0. The summed E-state index contributed by atoms with van der Waals surface area (Å²) in [6, 6.07) is 5.40. The maximum absolute atomic E-state index is 12.2. The minimum Gasteiger partial charge on any atom is -0.416 e. The lowest BCUT2D eigenvalue weighted by Crippen LogP contribution is -2.06. The number of alkyl halides is 2. The fourth-order valence-electron chi connectivity index (χ4n) is 1.62. The number of nitro benzene ring substituents is 1. The number of rotatable bonds is 4. The number of halogens is 3. The van der Waals surface area contributed by atoms with E-state index in [2.05, 4.69) is 9.84 Å². The Kier molecular flexibility index (Phi) is 3.84. The van der Waals surface area contributed by atoms with E-state index in [-0.39, 0.29) is 22.3 Å².